The molecule has 1 atom stereocenters. The molecule has 0 aliphatic heterocycles. The van der Waals surface area contributed by atoms with Crippen molar-refractivity contribution >= 4 is 14.6 Å². The summed E-state index contributed by atoms with van der Waals surface area (Å²) in [7, 11) is -9.88. The van der Waals surface area contributed by atoms with Gasteiger partial charge in [0.25, 0.3) is 0 Å². The fourth-order valence-electron chi connectivity index (χ4n) is 2.57. The zero-order valence-electron chi connectivity index (χ0n) is 8.07. The Labute approximate surface area is 87.2 Å². The van der Waals surface area contributed by atoms with Crippen molar-refractivity contribution in [2.45, 2.75) is 37.7 Å². The molecule has 0 heterocycles. The van der Waals surface area contributed by atoms with Gasteiger partial charge in [0.05, 0.1) is 5.60 Å². The lowest BCUT2D eigenvalue weighted by molar-refractivity contribution is 0.0695. The molecule has 2 aliphatic rings. The molecule has 2 rings (SSSR count). The summed E-state index contributed by atoms with van der Waals surface area (Å²) in [5.74, 6) is 0.488. The van der Waals surface area contributed by atoms with Crippen LogP contribution in [0.25, 0.3) is 0 Å². The largest absolute Gasteiger partial charge is 0.438 e. The fraction of sp³-hybridized carbons (Fsp3) is 1.00. The first-order valence-corrected chi connectivity index (χ1v) is 8.73. The number of fused-ring (bicyclic) bond motifs is 2. The molecule has 1 unspecified atom stereocenters. The van der Waals surface area contributed by atoms with E-state index in [0.29, 0.717) is 25.2 Å². The van der Waals surface area contributed by atoms with E-state index in [1.165, 1.54) is 0 Å². The maximum Gasteiger partial charge on any atom is 0.438 e. The van der Waals surface area contributed by atoms with Crippen molar-refractivity contribution in [2.75, 3.05) is 0 Å². The van der Waals surface area contributed by atoms with Gasteiger partial charge in [-0.15, -0.1) is 0 Å². The Morgan fingerprint density at radius 3 is 2.00 bits per heavy atom. The maximum atomic E-state index is 11.3. The molecule has 2 saturated carbocycles. The topological polar surface area (TPSA) is 104 Å². The predicted molar refractivity (Wildman–Crippen MR) is 52.3 cm³/mol. The minimum absolute atomic E-state index is 0.488. The first-order chi connectivity index (χ1) is 6.74. The van der Waals surface area contributed by atoms with Crippen LogP contribution in [-0.2, 0) is 13.7 Å². The molecular formula is C7H14O6P2. The Bertz CT molecular complexity index is 352. The van der Waals surface area contributed by atoms with Crippen LogP contribution in [0.15, 0.2) is 0 Å². The van der Waals surface area contributed by atoms with Gasteiger partial charge in [-0.05, 0) is 38.0 Å². The lowest BCUT2D eigenvalue weighted by Crippen LogP contribution is -2.25. The van der Waals surface area contributed by atoms with Crippen molar-refractivity contribution in [3.8, 4) is 0 Å². The Morgan fingerprint density at radius 2 is 1.67 bits per heavy atom. The summed E-state index contributed by atoms with van der Waals surface area (Å²) in [4.78, 5) is 26.6. The van der Waals surface area contributed by atoms with Crippen LogP contribution in [0.2, 0.25) is 0 Å². The Morgan fingerprint density at radius 1 is 1.13 bits per heavy atom. The minimum Gasteiger partial charge on any atom is -0.316 e. The molecule has 0 aromatic heterocycles. The second-order valence-corrected chi connectivity index (χ2v) is 9.70. The number of rotatable bonds is 3. The number of hydrogen-bond acceptors (Lipinski definition) is 3. The fourth-order valence-corrected chi connectivity index (χ4v) is 4.28. The molecule has 2 bridgehead atoms. The van der Waals surface area contributed by atoms with Gasteiger partial charge in [0.1, 0.15) is 0 Å². The average molecular weight is 256 g/mol. The lowest BCUT2D eigenvalue weighted by atomic mass is 9.98. The summed E-state index contributed by atoms with van der Waals surface area (Å²) in [5.41, 5.74) is -0.754. The van der Waals surface area contributed by atoms with E-state index in [9.17, 15) is 14.0 Å². The van der Waals surface area contributed by atoms with Crippen molar-refractivity contribution in [3.05, 3.63) is 0 Å². The SMILES string of the molecule is O=P(O)(O)P(=O)(O)OC12CCC(CC1)C2. The van der Waals surface area contributed by atoms with Gasteiger partial charge in [-0.3, -0.25) is 4.52 Å². The molecule has 0 radical (unpaired) electrons. The van der Waals surface area contributed by atoms with Crippen LogP contribution in [0.1, 0.15) is 32.1 Å². The molecule has 0 aromatic rings. The molecule has 6 nitrogen and oxygen atoms in total. The van der Waals surface area contributed by atoms with E-state index >= 15 is 0 Å². The highest BCUT2D eigenvalue weighted by Gasteiger charge is 2.54. The molecule has 2 aliphatic carbocycles. The van der Waals surface area contributed by atoms with E-state index in [1.807, 2.05) is 0 Å². The van der Waals surface area contributed by atoms with E-state index in [4.69, 9.17) is 14.3 Å². The third kappa shape index (κ3) is 2.07. The predicted octanol–water partition coefficient (Wildman–Crippen LogP) is 1.61. The summed E-state index contributed by atoms with van der Waals surface area (Å²) in [6.07, 6.45) is 3.74. The first kappa shape index (κ1) is 11.8. The van der Waals surface area contributed by atoms with Crippen LogP contribution >= 0.6 is 14.6 Å². The van der Waals surface area contributed by atoms with Crippen LogP contribution in [-0.4, -0.2) is 20.3 Å². The van der Waals surface area contributed by atoms with Gasteiger partial charge in [0.15, 0.2) is 0 Å². The molecule has 0 saturated heterocycles. The lowest BCUT2D eigenvalue weighted by Gasteiger charge is -2.29. The van der Waals surface area contributed by atoms with Crippen molar-refractivity contribution in [2.24, 2.45) is 5.92 Å². The summed E-state index contributed by atoms with van der Waals surface area (Å²) in [6, 6.07) is 0. The van der Waals surface area contributed by atoms with E-state index in [2.05, 4.69) is 0 Å². The quantitative estimate of drug-likeness (QED) is 0.662. The van der Waals surface area contributed by atoms with Gasteiger partial charge in [-0.2, -0.15) is 0 Å². The highest BCUT2D eigenvalue weighted by molar-refractivity contribution is 8.26. The highest BCUT2D eigenvalue weighted by Crippen LogP contribution is 2.77. The minimum atomic E-state index is -5.07. The van der Waals surface area contributed by atoms with E-state index in [1.54, 1.807) is 0 Å². The van der Waals surface area contributed by atoms with E-state index in [0.717, 1.165) is 12.8 Å². The van der Waals surface area contributed by atoms with Crippen LogP contribution in [0.3, 0.4) is 0 Å². The van der Waals surface area contributed by atoms with Crippen molar-refractivity contribution in [1.82, 2.24) is 0 Å². The molecular weight excluding hydrogens is 242 g/mol. The third-order valence-electron chi connectivity index (χ3n) is 3.32. The smallest absolute Gasteiger partial charge is 0.316 e. The molecule has 0 amide bonds. The van der Waals surface area contributed by atoms with Crippen molar-refractivity contribution in [3.63, 3.8) is 0 Å². The molecule has 2 fully saturated rings. The zero-order chi connectivity index (χ0) is 11.3. The normalized spacial score (nSPS) is 39.3. The Hall–Kier alpha value is 0.300. The standard InChI is InChI=1S/C7H14O6P2/c8-14(9,10)15(11,12)13-7-3-1-6(5-7)2-4-7/h6H,1-5H2,(H,11,12)(H2,8,9,10). The summed E-state index contributed by atoms with van der Waals surface area (Å²) < 4.78 is 27.0. The average Bonchev–Trinajstić information content (AvgIpc) is 2.59. The first-order valence-electron chi connectivity index (χ1n) is 4.84. The van der Waals surface area contributed by atoms with E-state index in [-0.39, 0.29) is 0 Å². The third-order valence-corrected chi connectivity index (χ3v) is 6.82. The maximum absolute atomic E-state index is 11.3. The summed E-state index contributed by atoms with van der Waals surface area (Å²) >= 11 is 0. The van der Waals surface area contributed by atoms with Crippen molar-refractivity contribution < 1.29 is 28.3 Å². The van der Waals surface area contributed by atoms with Gasteiger partial charge in [0.2, 0.25) is 0 Å². The number of hydrogen-bond donors (Lipinski definition) is 3. The Kier molecular flexibility index (Phi) is 2.66. The monoisotopic (exact) mass is 256 g/mol. The van der Waals surface area contributed by atoms with Crippen LogP contribution in [0.5, 0.6) is 0 Å². The van der Waals surface area contributed by atoms with Crippen LogP contribution in [0, 0.1) is 5.92 Å². The molecule has 0 spiro atoms. The van der Waals surface area contributed by atoms with Gasteiger partial charge < -0.3 is 14.7 Å². The summed E-state index contributed by atoms with van der Waals surface area (Å²) in [5, 5.41) is 0. The van der Waals surface area contributed by atoms with Gasteiger partial charge in [0, 0.05) is 0 Å². The summed E-state index contributed by atoms with van der Waals surface area (Å²) in [6.45, 7) is 0. The van der Waals surface area contributed by atoms with Gasteiger partial charge in [-0.25, -0.2) is 9.13 Å². The second-order valence-electron chi connectivity index (χ2n) is 4.43. The van der Waals surface area contributed by atoms with E-state index < -0.39 is 20.2 Å². The Balaban J connectivity index is 2.15. The molecule has 15 heavy (non-hydrogen) atoms. The molecule has 88 valence electrons. The zero-order valence-corrected chi connectivity index (χ0v) is 9.86. The van der Waals surface area contributed by atoms with Crippen molar-refractivity contribution in [1.29, 1.82) is 0 Å². The van der Waals surface area contributed by atoms with Gasteiger partial charge >= 0.3 is 14.6 Å². The van der Waals surface area contributed by atoms with Crippen LogP contribution < -0.4 is 0 Å². The molecule has 3 N–H and O–H groups in total. The van der Waals surface area contributed by atoms with Gasteiger partial charge in [-0.1, -0.05) is 0 Å². The van der Waals surface area contributed by atoms with Crippen LogP contribution in [0.4, 0.5) is 0 Å². The second kappa shape index (κ2) is 3.39. The molecule has 0 aromatic carbocycles. The highest BCUT2D eigenvalue weighted by atomic mass is 32.1. The molecule has 8 heteroatoms.